The second-order valence-electron chi connectivity index (χ2n) is 8.00. The molecule has 4 rings (SSSR count). The molecule has 1 N–H and O–H groups in total. The van der Waals surface area contributed by atoms with Crippen LogP contribution in [0.3, 0.4) is 0 Å². The van der Waals surface area contributed by atoms with Crippen molar-refractivity contribution in [2.24, 2.45) is 0 Å². The van der Waals surface area contributed by atoms with Crippen molar-refractivity contribution in [1.29, 1.82) is 0 Å². The van der Waals surface area contributed by atoms with Crippen LogP contribution < -0.4 is 19.5 Å². The van der Waals surface area contributed by atoms with E-state index in [4.69, 9.17) is 30.8 Å². The number of nitrogens with one attached hydrogen (secondary N) is 1. The van der Waals surface area contributed by atoms with Crippen LogP contribution in [0, 0.1) is 6.92 Å². The highest BCUT2D eigenvalue weighted by Gasteiger charge is 2.13. The Morgan fingerprint density at radius 1 is 1.03 bits per heavy atom. The number of carbonyl (C=O) groups excluding carboxylic acids is 1. The highest BCUT2D eigenvalue weighted by Crippen LogP contribution is 2.27. The molecule has 0 radical (unpaired) electrons. The zero-order valence-corrected chi connectivity index (χ0v) is 20.8. The fourth-order valence-corrected chi connectivity index (χ4v) is 4.01. The predicted octanol–water partition coefficient (Wildman–Crippen LogP) is 5.07. The van der Waals surface area contributed by atoms with Crippen LogP contribution in [-0.4, -0.2) is 42.8 Å². The molecule has 0 aliphatic heterocycles. The maximum Gasteiger partial charge on any atom is 0.251 e. The Kier molecular flexibility index (Phi) is 7.77. The van der Waals surface area contributed by atoms with Gasteiger partial charge in [-0.15, -0.1) is 0 Å². The van der Waals surface area contributed by atoms with Crippen molar-refractivity contribution >= 4 is 28.5 Å². The topological polar surface area (TPSA) is 74.6 Å². The molecule has 8 heteroatoms. The van der Waals surface area contributed by atoms with Gasteiger partial charge in [0.25, 0.3) is 5.91 Å². The molecule has 0 saturated heterocycles. The molecule has 1 amide bonds. The van der Waals surface area contributed by atoms with Crippen molar-refractivity contribution in [3.8, 4) is 17.2 Å². The second kappa shape index (κ2) is 11.1. The van der Waals surface area contributed by atoms with E-state index >= 15 is 0 Å². The van der Waals surface area contributed by atoms with Gasteiger partial charge in [0.05, 0.1) is 31.8 Å². The van der Waals surface area contributed by atoms with Gasteiger partial charge >= 0.3 is 0 Å². The van der Waals surface area contributed by atoms with E-state index in [1.54, 1.807) is 32.4 Å². The van der Waals surface area contributed by atoms with Crippen LogP contribution in [0.25, 0.3) is 11.0 Å². The summed E-state index contributed by atoms with van der Waals surface area (Å²) in [6.45, 7) is 3.49. The first-order chi connectivity index (χ1) is 17.0. The number of fused-ring (bicyclic) bond motifs is 1. The highest BCUT2D eigenvalue weighted by atomic mass is 35.5. The lowest BCUT2D eigenvalue weighted by Crippen LogP contribution is -2.26. The second-order valence-corrected chi connectivity index (χ2v) is 8.41. The van der Waals surface area contributed by atoms with Crippen LogP contribution in [0.15, 0.2) is 60.7 Å². The molecular weight excluding hydrogens is 466 g/mol. The highest BCUT2D eigenvalue weighted by molar-refractivity contribution is 6.31. The fraction of sp³-hybridized carbons (Fsp3) is 0.259. The zero-order valence-electron chi connectivity index (χ0n) is 20.0. The molecule has 0 unspecified atom stereocenters. The Morgan fingerprint density at radius 3 is 2.60 bits per heavy atom. The summed E-state index contributed by atoms with van der Waals surface area (Å²) in [6.07, 6.45) is 0.577. The number of halogens is 1. The van der Waals surface area contributed by atoms with Crippen LogP contribution in [0.5, 0.6) is 17.2 Å². The molecule has 0 aliphatic rings. The first-order valence-corrected chi connectivity index (χ1v) is 11.7. The smallest absolute Gasteiger partial charge is 0.251 e. The van der Waals surface area contributed by atoms with Gasteiger partial charge in [-0.3, -0.25) is 4.79 Å². The van der Waals surface area contributed by atoms with Gasteiger partial charge in [-0.05, 0) is 61.0 Å². The van der Waals surface area contributed by atoms with Gasteiger partial charge in [0.2, 0.25) is 0 Å². The maximum atomic E-state index is 12.7. The van der Waals surface area contributed by atoms with Gasteiger partial charge in [0.1, 0.15) is 18.2 Å². The van der Waals surface area contributed by atoms with Crippen LogP contribution in [-0.2, 0) is 13.0 Å². The van der Waals surface area contributed by atoms with E-state index in [0.717, 1.165) is 33.2 Å². The molecular formula is C27H28ClN3O4. The summed E-state index contributed by atoms with van der Waals surface area (Å²) in [5.74, 6) is 2.57. The summed E-state index contributed by atoms with van der Waals surface area (Å²) < 4.78 is 18.6. The van der Waals surface area contributed by atoms with E-state index in [1.165, 1.54) is 0 Å². The van der Waals surface area contributed by atoms with Crippen molar-refractivity contribution < 1.29 is 19.0 Å². The molecule has 4 aromatic rings. The lowest BCUT2D eigenvalue weighted by Gasteiger charge is -2.12. The Morgan fingerprint density at radius 2 is 1.83 bits per heavy atom. The van der Waals surface area contributed by atoms with Gasteiger partial charge in [-0.2, -0.15) is 0 Å². The first kappa shape index (κ1) is 24.4. The number of ether oxygens (including phenoxy) is 3. The van der Waals surface area contributed by atoms with Gasteiger partial charge in [-0.1, -0.05) is 23.7 Å². The molecule has 0 fully saturated rings. The molecule has 0 saturated carbocycles. The van der Waals surface area contributed by atoms with Crippen molar-refractivity contribution in [2.75, 3.05) is 27.4 Å². The minimum Gasteiger partial charge on any atom is -0.493 e. The number of hydrogen-bond acceptors (Lipinski definition) is 5. The van der Waals surface area contributed by atoms with Crippen LogP contribution in [0.4, 0.5) is 0 Å². The largest absolute Gasteiger partial charge is 0.493 e. The maximum absolute atomic E-state index is 12.7. The van der Waals surface area contributed by atoms with Crippen LogP contribution in [0.2, 0.25) is 5.02 Å². The number of amides is 1. The zero-order chi connectivity index (χ0) is 24.8. The quantitative estimate of drug-likeness (QED) is 0.334. The first-order valence-electron chi connectivity index (χ1n) is 11.3. The van der Waals surface area contributed by atoms with Crippen molar-refractivity contribution in [2.45, 2.75) is 19.9 Å². The van der Waals surface area contributed by atoms with E-state index in [0.29, 0.717) is 43.2 Å². The Hall–Kier alpha value is -3.71. The summed E-state index contributed by atoms with van der Waals surface area (Å²) in [4.78, 5) is 17.5. The molecule has 0 aliphatic carbocycles. The summed E-state index contributed by atoms with van der Waals surface area (Å²) in [7, 11) is 3.10. The number of aryl methyl sites for hydroxylation is 1. The Labute approximate surface area is 209 Å². The molecule has 1 aromatic heterocycles. The standard InChI is InChI=1S/C27H28ClN3O4/c1-18-16-20(9-10-21(18)28)35-15-14-31-23-7-5-4-6-22(23)30-26(31)12-13-29-27(32)19-8-11-24(33-2)25(17-19)34-3/h4-11,16-17H,12-15H2,1-3H3,(H,29,32). The molecule has 0 spiro atoms. The normalized spacial score (nSPS) is 10.9. The Bertz CT molecular complexity index is 1340. The molecule has 35 heavy (non-hydrogen) atoms. The van der Waals surface area contributed by atoms with Crippen molar-refractivity contribution in [3.05, 3.63) is 82.6 Å². The van der Waals surface area contributed by atoms with Crippen molar-refractivity contribution in [1.82, 2.24) is 14.9 Å². The van der Waals surface area contributed by atoms with Gasteiger partial charge < -0.3 is 24.1 Å². The number of hydrogen-bond donors (Lipinski definition) is 1. The van der Waals surface area contributed by atoms with E-state index in [9.17, 15) is 4.79 Å². The lowest BCUT2D eigenvalue weighted by atomic mass is 10.2. The van der Waals surface area contributed by atoms with Crippen LogP contribution in [0.1, 0.15) is 21.7 Å². The third-order valence-electron chi connectivity index (χ3n) is 5.73. The minimum atomic E-state index is -0.185. The average Bonchev–Trinajstić information content (AvgIpc) is 3.23. The Balaban J connectivity index is 1.42. The summed E-state index contributed by atoms with van der Waals surface area (Å²) >= 11 is 6.11. The number of methoxy groups -OCH3 is 2. The third kappa shape index (κ3) is 5.69. The molecule has 182 valence electrons. The summed E-state index contributed by atoms with van der Waals surface area (Å²) in [5, 5.41) is 3.69. The minimum absolute atomic E-state index is 0.185. The molecule has 7 nitrogen and oxygen atoms in total. The summed E-state index contributed by atoms with van der Waals surface area (Å²) in [5.41, 5.74) is 3.42. The lowest BCUT2D eigenvalue weighted by molar-refractivity contribution is 0.0953. The number of para-hydroxylation sites is 2. The van der Waals surface area contributed by atoms with Crippen LogP contribution >= 0.6 is 11.6 Å². The number of carbonyl (C=O) groups is 1. The van der Waals surface area contributed by atoms with E-state index in [-0.39, 0.29) is 5.91 Å². The van der Waals surface area contributed by atoms with Crippen molar-refractivity contribution in [3.63, 3.8) is 0 Å². The number of aromatic nitrogens is 2. The summed E-state index contributed by atoms with van der Waals surface area (Å²) in [6, 6.07) is 18.7. The predicted molar refractivity (Wildman–Crippen MR) is 137 cm³/mol. The van der Waals surface area contributed by atoms with E-state index in [1.807, 2.05) is 49.4 Å². The molecule has 0 bridgehead atoms. The van der Waals surface area contributed by atoms with Gasteiger partial charge in [0.15, 0.2) is 11.5 Å². The average molecular weight is 494 g/mol. The van der Waals surface area contributed by atoms with Gasteiger partial charge in [-0.25, -0.2) is 4.98 Å². The number of nitrogens with zero attached hydrogens (tertiary/aromatic N) is 2. The fourth-order valence-electron chi connectivity index (χ4n) is 3.89. The SMILES string of the molecule is COc1ccc(C(=O)NCCc2nc3ccccc3n2CCOc2ccc(Cl)c(C)c2)cc1OC. The molecule has 0 atom stereocenters. The van der Waals surface area contributed by atoms with E-state index < -0.39 is 0 Å². The number of imidazole rings is 1. The third-order valence-corrected chi connectivity index (χ3v) is 6.15. The molecule has 1 heterocycles. The van der Waals surface area contributed by atoms with Gasteiger partial charge in [0, 0.05) is 23.6 Å². The monoisotopic (exact) mass is 493 g/mol. The molecule has 3 aromatic carbocycles. The number of rotatable bonds is 10. The number of benzene rings is 3. The van der Waals surface area contributed by atoms with E-state index in [2.05, 4.69) is 9.88 Å².